The largest absolute Gasteiger partial charge is 0.460 e. The Morgan fingerprint density at radius 2 is 1.82 bits per heavy atom. The number of nitrogens with zero attached hydrogens (tertiary/aromatic N) is 2. The average molecular weight is 392 g/mol. The Balaban J connectivity index is 1.58. The first-order chi connectivity index (χ1) is 13.1. The molecule has 0 aromatic heterocycles. The van der Waals surface area contributed by atoms with Crippen LogP contribution in [0.2, 0.25) is 0 Å². The standard InChI is InChI=1S/C22H30F2N2O2/c1-21(2,3)28-20(27)18-9-13-26(14-10-18)19-11-12-25(16-22(19,23)24)15-17-7-5-4-6-8-17/h4-8,11,18H,9-10,12-16H2,1-3H3. The quantitative estimate of drug-likeness (QED) is 0.723. The summed E-state index contributed by atoms with van der Waals surface area (Å²) in [4.78, 5) is 15.8. The maximum absolute atomic E-state index is 14.8. The van der Waals surface area contributed by atoms with Crippen LogP contribution < -0.4 is 0 Å². The molecule has 2 aliphatic heterocycles. The fraction of sp³-hybridized carbons (Fsp3) is 0.591. The van der Waals surface area contributed by atoms with Crippen LogP contribution in [0, 0.1) is 5.92 Å². The van der Waals surface area contributed by atoms with Crippen molar-refractivity contribution in [3.8, 4) is 0 Å². The lowest BCUT2D eigenvalue weighted by atomic mass is 9.95. The van der Waals surface area contributed by atoms with Gasteiger partial charge in [-0.3, -0.25) is 9.69 Å². The van der Waals surface area contributed by atoms with Crippen LogP contribution in [0.15, 0.2) is 42.1 Å². The third-order valence-corrected chi connectivity index (χ3v) is 5.16. The van der Waals surface area contributed by atoms with Crippen molar-refractivity contribution < 1.29 is 18.3 Å². The van der Waals surface area contributed by atoms with E-state index in [1.54, 1.807) is 15.9 Å². The fourth-order valence-electron chi connectivity index (χ4n) is 3.85. The minimum Gasteiger partial charge on any atom is -0.460 e. The molecule has 28 heavy (non-hydrogen) atoms. The third-order valence-electron chi connectivity index (χ3n) is 5.16. The van der Waals surface area contributed by atoms with Crippen molar-refractivity contribution in [2.45, 2.75) is 51.7 Å². The normalized spacial score (nSPS) is 21.3. The zero-order chi connectivity index (χ0) is 20.4. The van der Waals surface area contributed by atoms with Crippen molar-refractivity contribution in [1.82, 2.24) is 9.80 Å². The molecular weight excluding hydrogens is 362 g/mol. The number of alkyl halides is 2. The molecule has 0 amide bonds. The molecule has 1 saturated heterocycles. The number of hydrogen-bond acceptors (Lipinski definition) is 4. The van der Waals surface area contributed by atoms with Crippen LogP contribution in [-0.4, -0.2) is 53.5 Å². The van der Waals surface area contributed by atoms with Gasteiger partial charge in [-0.2, -0.15) is 8.78 Å². The summed E-state index contributed by atoms with van der Waals surface area (Å²) in [5.74, 6) is -3.31. The van der Waals surface area contributed by atoms with Gasteiger partial charge in [-0.15, -0.1) is 0 Å². The van der Waals surface area contributed by atoms with Gasteiger partial charge in [0.25, 0.3) is 5.92 Å². The Labute approximate surface area is 166 Å². The summed E-state index contributed by atoms with van der Waals surface area (Å²) in [6.07, 6.45) is 2.76. The Bertz CT molecular complexity index is 705. The number of ether oxygens (including phenoxy) is 1. The topological polar surface area (TPSA) is 32.8 Å². The molecule has 0 aliphatic carbocycles. The van der Waals surface area contributed by atoms with Gasteiger partial charge in [0.15, 0.2) is 0 Å². The molecule has 2 aliphatic rings. The first kappa shape index (κ1) is 20.8. The molecule has 154 valence electrons. The van der Waals surface area contributed by atoms with Gasteiger partial charge in [0, 0.05) is 26.2 Å². The van der Waals surface area contributed by atoms with Crippen LogP contribution in [0.5, 0.6) is 0 Å². The van der Waals surface area contributed by atoms with Gasteiger partial charge in [0.1, 0.15) is 5.60 Å². The Morgan fingerprint density at radius 1 is 1.18 bits per heavy atom. The molecule has 0 atom stereocenters. The number of halogens is 2. The molecule has 0 bridgehead atoms. The van der Waals surface area contributed by atoms with E-state index >= 15 is 0 Å². The molecule has 1 fully saturated rings. The highest BCUT2D eigenvalue weighted by molar-refractivity contribution is 5.73. The first-order valence-electron chi connectivity index (χ1n) is 9.96. The van der Waals surface area contributed by atoms with Crippen LogP contribution in [-0.2, 0) is 16.1 Å². The van der Waals surface area contributed by atoms with E-state index in [4.69, 9.17) is 4.74 Å². The second-order valence-electron chi connectivity index (χ2n) is 8.74. The summed E-state index contributed by atoms with van der Waals surface area (Å²) in [5.41, 5.74) is 0.628. The lowest BCUT2D eigenvalue weighted by molar-refractivity contribution is -0.161. The number of piperidine rings is 1. The Morgan fingerprint density at radius 3 is 2.39 bits per heavy atom. The second kappa shape index (κ2) is 8.19. The number of esters is 1. The lowest BCUT2D eigenvalue weighted by Gasteiger charge is -2.41. The predicted octanol–water partition coefficient (Wildman–Crippen LogP) is 4.08. The van der Waals surface area contributed by atoms with Gasteiger partial charge in [-0.1, -0.05) is 30.3 Å². The van der Waals surface area contributed by atoms with Crippen LogP contribution in [0.4, 0.5) is 8.78 Å². The van der Waals surface area contributed by atoms with E-state index in [-0.39, 0.29) is 24.1 Å². The van der Waals surface area contributed by atoms with Crippen molar-refractivity contribution in [2.75, 3.05) is 26.2 Å². The van der Waals surface area contributed by atoms with E-state index < -0.39 is 11.5 Å². The van der Waals surface area contributed by atoms with Crippen molar-refractivity contribution in [2.24, 2.45) is 5.92 Å². The van der Waals surface area contributed by atoms with E-state index in [9.17, 15) is 13.6 Å². The number of rotatable bonds is 4. The molecule has 4 nitrogen and oxygen atoms in total. The number of carbonyl (C=O) groups is 1. The molecule has 0 N–H and O–H groups in total. The summed E-state index contributed by atoms with van der Waals surface area (Å²) >= 11 is 0. The van der Waals surface area contributed by atoms with E-state index in [0.29, 0.717) is 39.0 Å². The number of likely N-dealkylation sites (tertiary alicyclic amines) is 1. The maximum atomic E-state index is 14.8. The molecule has 0 radical (unpaired) electrons. The Hall–Kier alpha value is -1.95. The predicted molar refractivity (Wildman–Crippen MR) is 105 cm³/mol. The molecular formula is C22H30F2N2O2. The molecule has 3 rings (SSSR count). The third kappa shape index (κ3) is 5.31. The van der Waals surface area contributed by atoms with Gasteiger partial charge in [-0.25, -0.2) is 0 Å². The minimum absolute atomic E-state index is 0.111. The molecule has 1 aromatic carbocycles. The molecule has 0 saturated carbocycles. The van der Waals surface area contributed by atoms with Gasteiger partial charge in [0.05, 0.1) is 18.2 Å². The number of benzene rings is 1. The SMILES string of the molecule is CC(C)(C)OC(=O)C1CCN(C2=CCN(Cc3ccccc3)CC2(F)F)CC1. The zero-order valence-corrected chi connectivity index (χ0v) is 17.0. The summed E-state index contributed by atoms with van der Waals surface area (Å²) in [6.45, 7) is 7.19. The smallest absolute Gasteiger partial charge is 0.309 e. The number of hydrogen-bond donors (Lipinski definition) is 0. The number of carbonyl (C=O) groups excluding carboxylic acids is 1. The Kier molecular flexibility index (Phi) is 6.08. The molecule has 1 aromatic rings. The van der Waals surface area contributed by atoms with Crippen LogP contribution in [0.3, 0.4) is 0 Å². The van der Waals surface area contributed by atoms with E-state index in [2.05, 4.69) is 0 Å². The van der Waals surface area contributed by atoms with Gasteiger partial charge in [-0.05, 0) is 45.3 Å². The fourth-order valence-corrected chi connectivity index (χ4v) is 3.85. The van der Waals surface area contributed by atoms with Crippen LogP contribution in [0.1, 0.15) is 39.2 Å². The van der Waals surface area contributed by atoms with E-state index in [1.165, 1.54) is 0 Å². The molecule has 6 heteroatoms. The van der Waals surface area contributed by atoms with E-state index in [1.807, 2.05) is 51.1 Å². The van der Waals surface area contributed by atoms with Gasteiger partial charge >= 0.3 is 5.97 Å². The van der Waals surface area contributed by atoms with Crippen molar-refractivity contribution in [3.63, 3.8) is 0 Å². The lowest BCUT2D eigenvalue weighted by Crippen LogP contribution is -2.49. The van der Waals surface area contributed by atoms with E-state index in [0.717, 1.165) is 5.56 Å². The van der Waals surface area contributed by atoms with Crippen LogP contribution >= 0.6 is 0 Å². The highest BCUT2D eigenvalue weighted by Crippen LogP contribution is 2.34. The zero-order valence-electron chi connectivity index (χ0n) is 17.0. The summed E-state index contributed by atoms with van der Waals surface area (Å²) in [5, 5.41) is 0. The maximum Gasteiger partial charge on any atom is 0.309 e. The van der Waals surface area contributed by atoms with Crippen LogP contribution in [0.25, 0.3) is 0 Å². The molecule has 0 unspecified atom stereocenters. The minimum atomic E-state index is -2.88. The first-order valence-corrected chi connectivity index (χ1v) is 9.96. The van der Waals surface area contributed by atoms with Crippen molar-refractivity contribution >= 4 is 5.97 Å². The highest BCUT2D eigenvalue weighted by atomic mass is 19.3. The summed E-state index contributed by atoms with van der Waals surface area (Å²) < 4.78 is 35.1. The summed E-state index contributed by atoms with van der Waals surface area (Å²) in [6, 6.07) is 9.69. The summed E-state index contributed by atoms with van der Waals surface area (Å²) in [7, 11) is 0. The molecule has 2 heterocycles. The van der Waals surface area contributed by atoms with Crippen molar-refractivity contribution in [3.05, 3.63) is 47.7 Å². The average Bonchev–Trinajstić information content (AvgIpc) is 2.61. The molecule has 0 spiro atoms. The second-order valence-corrected chi connectivity index (χ2v) is 8.74. The monoisotopic (exact) mass is 392 g/mol. The highest BCUT2D eigenvalue weighted by Gasteiger charge is 2.43. The van der Waals surface area contributed by atoms with Crippen molar-refractivity contribution in [1.29, 1.82) is 0 Å². The van der Waals surface area contributed by atoms with Gasteiger partial charge in [0.2, 0.25) is 0 Å². The van der Waals surface area contributed by atoms with Gasteiger partial charge < -0.3 is 9.64 Å².